The Balaban J connectivity index is 1.33. The van der Waals surface area contributed by atoms with Crippen molar-refractivity contribution in [3.8, 4) is 11.4 Å². The summed E-state index contributed by atoms with van der Waals surface area (Å²) in [5.74, 6) is 1.37. The van der Waals surface area contributed by atoms with E-state index in [1.54, 1.807) is 24.6 Å². The molecule has 11 heteroatoms. The largest absolute Gasteiger partial charge is 0.469 e. The molecule has 4 rings (SSSR count). The fourth-order valence-electron chi connectivity index (χ4n) is 3.61. The Labute approximate surface area is 184 Å². The lowest BCUT2D eigenvalue weighted by atomic mass is 9.96. The minimum Gasteiger partial charge on any atom is -0.469 e. The molecular formula is C20H24N4O5S2. The summed E-state index contributed by atoms with van der Waals surface area (Å²) in [7, 11) is -3.63. The van der Waals surface area contributed by atoms with E-state index >= 15 is 0 Å². The number of amides is 1. The van der Waals surface area contributed by atoms with Gasteiger partial charge in [-0.3, -0.25) is 4.79 Å². The molecule has 0 saturated carbocycles. The van der Waals surface area contributed by atoms with E-state index in [1.807, 2.05) is 19.1 Å². The molecule has 9 nitrogen and oxygen atoms in total. The number of thiophene rings is 1. The van der Waals surface area contributed by atoms with Gasteiger partial charge in [-0.15, -0.1) is 11.3 Å². The molecule has 0 aromatic carbocycles. The fourth-order valence-corrected chi connectivity index (χ4v) is 6.39. The highest BCUT2D eigenvalue weighted by Crippen LogP contribution is 2.31. The third-order valence-electron chi connectivity index (χ3n) is 5.26. The summed E-state index contributed by atoms with van der Waals surface area (Å²) in [5.41, 5.74) is 0.611. The Morgan fingerprint density at radius 2 is 2.16 bits per heavy atom. The van der Waals surface area contributed by atoms with E-state index in [0.717, 1.165) is 17.1 Å². The summed E-state index contributed by atoms with van der Waals surface area (Å²) in [6, 6.07) is 5.21. The van der Waals surface area contributed by atoms with Gasteiger partial charge in [-0.1, -0.05) is 5.16 Å². The van der Waals surface area contributed by atoms with Gasteiger partial charge >= 0.3 is 0 Å². The van der Waals surface area contributed by atoms with Crippen LogP contribution in [-0.4, -0.2) is 47.9 Å². The summed E-state index contributed by atoms with van der Waals surface area (Å²) in [6.45, 7) is 4.22. The average Bonchev–Trinajstić information content (AvgIpc) is 3.49. The number of sulfonamides is 1. The number of furan rings is 1. The van der Waals surface area contributed by atoms with Gasteiger partial charge in [-0.25, -0.2) is 8.42 Å². The summed E-state index contributed by atoms with van der Waals surface area (Å²) in [5, 5.41) is 8.55. The van der Waals surface area contributed by atoms with Crippen molar-refractivity contribution in [1.29, 1.82) is 0 Å². The first-order valence-electron chi connectivity index (χ1n) is 10.0. The number of carbonyl (C=O) groups excluding carboxylic acids is 1. The maximum atomic E-state index is 13.0. The molecule has 0 spiro atoms. The van der Waals surface area contributed by atoms with Crippen LogP contribution in [0.1, 0.15) is 31.4 Å². The third-order valence-corrected chi connectivity index (χ3v) is 8.57. The number of rotatable bonds is 7. The number of carbonyl (C=O) groups is 1. The van der Waals surface area contributed by atoms with Gasteiger partial charge in [0, 0.05) is 49.3 Å². The molecule has 1 amide bonds. The van der Waals surface area contributed by atoms with Crippen LogP contribution in [0.15, 0.2) is 43.0 Å². The maximum absolute atomic E-state index is 13.0. The first-order chi connectivity index (χ1) is 14.8. The van der Waals surface area contributed by atoms with Crippen LogP contribution in [-0.2, 0) is 21.2 Å². The molecule has 166 valence electrons. The molecule has 0 unspecified atom stereocenters. The van der Waals surface area contributed by atoms with Crippen molar-refractivity contribution in [2.45, 2.75) is 43.4 Å². The molecule has 0 aliphatic carbocycles. The van der Waals surface area contributed by atoms with Gasteiger partial charge in [0.05, 0.1) is 6.26 Å². The van der Waals surface area contributed by atoms with Crippen molar-refractivity contribution < 1.29 is 22.2 Å². The van der Waals surface area contributed by atoms with Gasteiger partial charge in [0.25, 0.3) is 10.0 Å². The standard InChI is InChI=1S/C20H24N4O5S2/c1-13(10-17-4-3-9-28-17)21-20(25)15-5-7-24(8-6-15)31(26,27)18-11-16(12-30-18)19-22-14(2)29-23-19/h3-4,9,11-13,15H,5-8,10H2,1-2H3,(H,21,25)/t13-/m0/s1. The maximum Gasteiger partial charge on any atom is 0.252 e. The van der Waals surface area contributed by atoms with Crippen LogP contribution in [0.4, 0.5) is 0 Å². The highest BCUT2D eigenvalue weighted by Gasteiger charge is 2.33. The van der Waals surface area contributed by atoms with E-state index in [2.05, 4.69) is 15.5 Å². The van der Waals surface area contributed by atoms with Crippen molar-refractivity contribution in [3.63, 3.8) is 0 Å². The number of hydrogen-bond acceptors (Lipinski definition) is 8. The second-order valence-corrected chi connectivity index (χ2v) is 10.7. The topological polar surface area (TPSA) is 119 Å². The van der Waals surface area contributed by atoms with Gasteiger partial charge in [0.2, 0.25) is 17.6 Å². The number of piperidine rings is 1. The van der Waals surface area contributed by atoms with Crippen LogP contribution in [0.5, 0.6) is 0 Å². The van der Waals surface area contributed by atoms with Gasteiger partial charge in [0.1, 0.15) is 9.97 Å². The first kappa shape index (κ1) is 21.7. The van der Waals surface area contributed by atoms with Crippen LogP contribution in [0, 0.1) is 12.8 Å². The zero-order chi connectivity index (χ0) is 22.0. The van der Waals surface area contributed by atoms with Gasteiger partial charge in [-0.2, -0.15) is 9.29 Å². The van der Waals surface area contributed by atoms with E-state index in [-0.39, 0.29) is 22.1 Å². The zero-order valence-electron chi connectivity index (χ0n) is 17.3. The Morgan fingerprint density at radius 3 is 2.81 bits per heavy atom. The molecule has 3 aromatic rings. The van der Waals surface area contributed by atoms with Crippen molar-refractivity contribution in [2.24, 2.45) is 5.92 Å². The van der Waals surface area contributed by atoms with Crippen molar-refractivity contribution >= 4 is 27.3 Å². The van der Waals surface area contributed by atoms with E-state index in [9.17, 15) is 13.2 Å². The molecule has 31 heavy (non-hydrogen) atoms. The zero-order valence-corrected chi connectivity index (χ0v) is 18.9. The normalized spacial score (nSPS) is 17.0. The Hall–Kier alpha value is -2.50. The number of hydrogen-bond donors (Lipinski definition) is 1. The van der Waals surface area contributed by atoms with Gasteiger partial charge in [0.15, 0.2) is 0 Å². The lowest BCUT2D eigenvalue weighted by Crippen LogP contribution is -2.45. The number of nitrogens with one attached hydrogen (secondary N) is 1. The van der Waals surface area contributed by atoms with Crippen LogP contribution in [0.3, 0.4) is 0 Å². The summed E-state index contributed by atoms with van der Waals surface area (Å²) in [6.07, 6.45) is 3.20. The predicted molar refractivity (Wildman–Crippen MR) is 114 cm³/mol. The molecular weight excluding hydrogens is 440 g/mol. The second-order valence-electron chi connectivity index (χ2n) is 7.66. The lowest BCUT2D eigenvalue weighted by molar-refractivity contribution is -0.126. The van der Waals surface area contributed by atoms with E-state index in [1.165, 1.54) is 4.31 Å². The molecule has 3 aromatic heterocycles. The Kier molecular flexibility index (Phi) is 6.26. The van der Waals surface area contributed by atoms with E-state index in [4.69, 9.17) is 8.94 Å². The molecule has 1 fully saturated rings. The molecule has 1 atom stereocenters. The fraction of sp³-hybridized carbons (Fsp3) is 0.450. The molecule has 4 heterocycles. The highest BCUT2D eigenvalue weighted by atomic mass is 32.2. The highest BCUT2D eigenvalue weighted by molar-refractivity contribution is 7.91. The summed E-state index contributed by atoms with van der Waals surface area (Å²) < 4.78 is 38.0. The Morgan fingerprint density at radius 1 is 1.39 bits per heavy atom. The average molecular weight is 465 g/mol. The summed E-state index contributed by atoms with van der Waals surface area (Å²) >= 11 is 1.13. The molecule has 0 bridgehead atoms. The van der Waals surface area contributed by atoms with Crippen LogP contribution in [0.2, 0.25) is 0 Å². The van der Waals surface area contributed by atoms with Crippen molar-refractivity contribution in [2.75, 3.05) is 13.1 Å². The number of aromatic nitrogens is 2. The SMILES string of the molecule is Cc1nc(-c2csc(S(=O)(=O)N3CCC(C(=O)N[C@@H](C)Cc4ccco4)CC3)c2)no1. The Bertz CT molecular complexity index is 1130. The van der Waals surface area contributed by atoms with Crippen molar-refractivity contribution in [3.05, 3.63) is 41.5 Å². The van der Waals surface area contributed by atoms with Crippen LogP contribution in [0.25, 0.3) is 11.4 Å². The van der Waals surface area contributed by atoms with Crippen LogP contribution >= 0.6 is 11.3 Å². The molecule has 1 N–H and O–H groups in total. The smallest absolute Gasteiger partial charge is 0.252 e. The van der Waals surface area contributed by atoms with Crippen LogP contribution < -0.4 is 5.32 Å². The minimum atomic E-state index is -3.63. The van der Waals surface area contributed by atoms with Crippen molar-refractivity contribution in [1.82, 2.24) is 19.8 Å². The molecule has 1 aliphatic heterocycles. The third kappa shape index (κ3) is 4.89. The molecule has 0 radical (unpaired) electrons. The second kappa shape index (κ2) is 8.93. The molecule has 1 saturated heterocycles. The number of aryl methyl sites for hydroxylation is 1. The van der Waals surface area contributed by atoms with Gasteiger partial charge in [-0.05, 0) is 38.0 Å². The van der Waals surface area contributed by atoms with Gasteiger partial charge < -0.3 is 14.3 Å². The monoisotopic (exact) mass is 464 g/mol. The number of nitrogens with zero attached hydrogens (tertiary/aromatic N) is 3. The minimum absolute atomic E-state index is 0.0398. The van der Waals surface area contributed by atoms with E-state index < -0.39 is 10.0 Å². The first-order valence-corrected chi connectivity index (χ1v) is 12.4. The molecule has 1 aliphatic rings. The summed E-state index contributed by atoms with van der Waals surface area (Å²) in [4.78, 5) is 16.7. The van der Waals surface area contributed by atoms with E-state index in [0.29, 0.717) is 49.6 Å². The lowest BCUT2D eigenvalue weighted by Gasteiger charge is -2.30. The quantitative estimate of drug-likeness (QED) is 0.571. The predicted octanol–water partition coefficient (Wildman–Crippen LogP) is 2.85.